The molecule has 0 aliphatic rings. The minimum absolute atomic E-state index is 0.132. The number of hydrogen-bond donors (Lipinski definition) is 0. The van der Waals surface area contributed by atoms with E-state index in [2.05, 4.69) is 6.92 Å². The summed E-state index contributed by atoms with van der Waals surface area (Å²) in [4.78, 5) is 0. The highest BCUT2D eigenvalue weighted by atomic mass is 32.3. The predicted molar refractivity (Wildman–Crippen MR) is 111 cm³/mol. The van der Waals surface area contributed by atoms with Crippen molar-refractivity contribution in [2.24, 2.45) is 0 Å². The molecule has 0 radical (unpaired) electrons. The Hall–Kier alpha value is -0.230. The lowest BCUT2D eigenvalue weighted by Gasteiger charge is -2.33. The molecule has 0 amide bonds. The highest BCUT2D eigenvalue weighted by Crippen LogP contribution is 2.24. The molecule has 0 bridgehead atoms. The van der Waals surface area contributed by atoms with Gasteiger partial charge in [0.05, 0.1) is 22.6 Å². The monoisotopic (exact) mass is 463 g/mol. The molecule has 8 nitrogen and oxygen atoms in total. The van der Waals surface area contributed by atoms with Crippen molar-refractivity contribution in [3.63, 3.8) is 0 Å². The first-order valence-corrected chi connectivity index (χ1v) is 15.3. The first-order valence-electron chi connectivity index (χ1n) is 9.98. The summed E-state index contributed by atoms with van der Waals surface area (Å²) in [6.07, 6.45) is 11.6. The Bertz CT molecular complexity index is 712. The maximum Gasteiger partial charge on any atom is 0.308 e. The van der Waals surface area contributed by atoms with Crippen LogP contribution in [0.25, 0.3) is 0 Å². The van der Waals surface area contributed by atoms with E-state index in [4.69, 9.17) is 0 Å². The molecule has 0 fully saturated rings. The van der Waals surface area contributed by atoms with Gasteiger partial charge >= 0.3 is 20.0 Å². The van der Waals surface area contributed by atoms with Crippen molar-refractivity contribution in [2.45, 2.75) is 77.6 Å². The van der Waals surface area contributed by atoms with Gasteiger partial charge in [-0.2, -0.15) is 16.8 Å². The number of nitrogens with zero attached hydrogens (tertiary/aromatic N) is 1. The van der Waals surface area contributed by atoms with Crippen LogP contribution in [0.15, 0.2) is 0 Å². The van der Waals surface area contributed by atoms with Crippen LogP contribution in [0.1, 0.15) is 77.6 Å². The van der Waals surface area contributed by atoms with Crippen LogP contribution in [0, 0.1) is 0 Å². The highest BCUT2D eigenvalue weighted by Gasteiger charge is 2.47. The fourth-order valence-corrected chi connectivity index (χ4v) is 7.64. The molecular formula is C17H37NO7S3. The SMILES string of the molecule is CCCCCCCCCCCC[N+](CCCS(=O)(=O)[O-])(S(C)(=O)=O)S(C)(=O)=O. The predicted octanol–water partition coefficient (Wildman–Crippen LogP) is 2.58. The van der Waals surface area contributed by atoms with E-state index in [0.29, 0.717) is 12.8 Å². The number of sulfonamides is 2. The molecule has 0 aromatic rings. The van der Waals surface area contributed by atoms with E-state index in [1.807, 2.05) is 0 Å². The Balaban J connectivity index is 4.71. The van der Waals surface area contributed by atoms with Crippen LogP contribution in [0.4, 0.5) is 0 Å². The molecule has 0 rings (SSSR count). The Kier molecular flexibility index (Phi) is 12.4. The van der Waals surface area contributed by atoms with Crippen LogP contribution in [0.5, 0.6) is 0 Å². The van der Waals surface area contributed by atoms with E-state index in [0.717, 1.165) is 31.8 Å². The molecule has 0 unspecified atom stereocenters. The van der Waals surface area contributed by atoms with E-state index in [9.17, 15) is 29.8 Å². The topological polar surface area (TPSA) is 125 Å². The lowest BCUT2D eigenvalue weighted by atomic mass is 10.1. The highest BCUT2D eigenvalue weighted by molar-refractivity contribution is 7.97. The fourth-order valence-electron chi connectivity index (χ4n) is 3.34. The van der Waals surface area contributed by atoms with Gasteiger partial charge in [-0.1, -0.05) is 58.3 Å². The van der Waals surface area contributed by atoms with Crippen LogP contribution in [0.2, 0.25) is 0 Å². The normalized spacial score (nSPS) is 13.7. The van der Waals surface area contributed by atoms with E-state index in [-0.39, 0.29) is 13.0 Å². The number of rotatable bonds is 17. The molecule has 0 spiro atoms. The van der Waals surface area contributed by atoms with Crippen LogP contribution in [0.3, 0.4) is 0 Å². The standard InChI is InChI=1S/C17H37NO7S3/c1-4-5-6-7-8-9-10-11-12-13-15-18(26(2,19)20,27(3,21)22)16-14-17-28(23,24)25/h4-17H2,1-3H3. The second-order valence-electron chi connectivity index (χ2n) is 7.53. The maximum atomic E-state index is 12.3. The zero-order valence-electron chi connectivity index (χ0n) is 17.4. The van der Waals surface area contributed by atoms with Gasteiger partial charge in [0.2, 0.25) is 0 Å². The summed E-state index contributed by atoms with van der Waals surface area (Å²) in [5.74, 6) is -0.782. The van der Waals surface area contributed by atoms with E-state index in [1.54, 1.807) is 0 Å². The van der Waals surface area contributed by atoms with Crippen molar-refractivity contribution < 1.29 is 33.1 Å². The third kappa shape index (κ3) is 10.5. The lowest BCUT2D eigenvalue weighted by molar-refractivity contribution is -0.672. The summed E-state index contributed by atoms with van der Waals surface area (Å²) >= 11 is 0. The lowest BCUT2D eigenvalue weighted by Crippen LogP contribution is -2.57. The van der Waals surface area contributed by atoms with Crippen molar-refractivity contribution in [1.29, 1.82) is 0 Å². The van der Waals surface area contributed by atoms with E-state index >= 15 is 0 Å². The van der Waals surface area contributed by atoms with Crippen LogP contribution < -0.4 is 0 Å². The molecule has 170 valence electrons. The summed E-state index contributed by atoms with van der Waals surface area (Å²) in [6.45, 7) is 1.61. The Morgan fingerprint density at radius 2 is 0.964 bits per heavy atom. The van der Waals surface area contributed by atoms with Crippen molar-refractivity contribution in [3.8, 4) is 0 Å². The molecule has 0 N–H and O–H groups in total. The zero-order valence-corrected chi connectivity index (χ0v) is 19.9. The zero-order chi connectivity index (χ0) is 21.9. The molecular weight excluding hydrogens is 426 g/mol. The van der Waals surface area contributed by atoms with Crippen LogP contribution in [-0.4, -0.2) is 64.5 Å². The third-order valence-corrected chi connectivity index (χ3v) is 10.5. The van der Waals surface area contributed by atoms with Gasteiger partial charge in [0.1, 0.15) is 13.1 Å². The number of unbranched alkanes of at least 4 members (excludes halogenated alkanes) is 9. The fraction of sp³-hybridized carbons (Fsp3) is 1.00. The average molecular weight is 464 g/mol. The summed E-state index contributed by atoms with van der Waals surface area (Å²) < 4.78 is 80.4. The summed E-state index contributed by atoms with van der Waals surface area (Å²) in [5.41, 5.74) is 0. The van der Waals surface area contributed by atoms with E-state index < -0.39 is 45.8 Å². The van der Waals surface area contributed by atoms with Crippen molar-refractivity contribution in [2.75, 3.05) is 31.4 Å². The van der Waals surface area contributed by atoms with Gasteiger partial charge in [0.15, 0.2) is 0 Å². The molecule has 0 aliphatic carbocycles. The smallest absolute Gasteiger partial charge is 0.308 e. The molecule has 11 heteroatoms. The molecule has 0 aromatic carbocycles. The molecule has 0 saturated carbocycles. The Morgan fingerprint density at radius 3 is 1.32 bits per heavy atom. The molecule has 0 atom stereocenters. The molecule has 0 heterocycles. The number of hydrogen-bond acceptors (Lipinski definition) is 7. The first-order chi connectivity index (χ1) is 12.8. The van der Waals surface area contributed by atoms with Gasteiger partial charge in [-0.3, -0.25) is 0 Å². The average Bonchev–Trinajstić information content (AvgIpc) is 2.51. The second kappa shape index (κ2) is 12.5. The van der Waals surface area contributed by atoms with Gasteiger partial charge in [-0.05, 0) is 12.8 Å². The van der Waals surface area contributed by atoms with Gasteiger partial charge < -0.3 is 4.55 Å². The molecule has 28 heavy (non-hydrogen) atoms. The van der Waals surface area contributed by atoms with Crippen molar-refractivity contribution in [1.82, 2.24) is 0 Å². The van der Waals surface area contributed by atoms with Crippen LogP contribution >= 0.6 is 0 Å². The molecule has 0 saturated heterocycles. The van der Waals surface area contributed by atoms with Gasteiger partial charge in [-0.15, -0.1) is 3.29 Å². The molecule has 0 aliphatic heterocycles. The number of quaternary nitrogens is 1. The second-order valence-corrected chi connectivity index (χ2v) is 13.6. The largest absolute Gasteiger partial charge is 0.748 e. The van der Waals surface area contributed by atoms with Crippen molar-refractivity contribution >= 4 is 30.2 Å². The van der Waals surface area contributed by atoms with Gasteiger partial charge in [-0.25, -0.2) is 8.42 Å². The minimum Gasteiger partial charge on any atom is -0.748 e. The Labute approximate surface area is 172 Å². The minimum atomic E-state index is -4.53. The first kappa shape index (κ1) is 27.8. The van der Waals surface area contributed by atoms with Crippen LogP contribution in [-0.2, 0) is 30.2 Å². The Morgan fingerprint density at radius 1 is 0.607 bits per heavy atom. The maximum absolute atomic E-state index is 12.3. The van der Waals surface area contributed by atoms with Crippen molar-refractivity contribution in [3.05, 3.63) is 0 Å². The summed E-state index contributed by atoms with van der Waals surface area (Å²) in [7, 11) is -12.7. The quantitative estimate of drug-likeness (QED) is 0.184. The van der Waals surface area contributed by atoms with Gasteiger partial charge in [0.25, 0.3) is 0 Å². The molecule has 0 aromatic heterocycles. The summed E-state index contributed by atoms with van der Waals surface area (Å²) in [6, 6.07) is 0. The van der Waals surface area contributed by atoms with E-state index in [1.165, 1.54) is 32.1 Å². The van der Waals surface area contributed by atoms with Gasteiger partial charge in [0, 0.05) is 12.2 Å². The summed E-state index contributed by atoms with van der Waals surface area (Å²) in [5, 5.41) is 0. The third-order valence-electron chi connectivity index (χ3n) is 4.95.